The van der Waals surface area contributed by atoms with Crippen LogP contribution in [0.25, 0.3) is 0 Å². The fraction of sp³-hybridized carbons (Fsp3) is 0.556. The third-order valence-electron chi connectivity index (χ3n) is 5.68. The first-order valence-electron chi connectivity index (χ1n) is 8.46. The molecule has 5 heteroatoms. The molecule has 2 amide bonds. The average molecular weight is 333 g/mol. The molecule has 0 spiro atoms. The van der Waals surface area contributed by atoms with Crippen LogP contribution in [0.4, 0.5) is 5.69 Å². The molecule has 3 aliphatic rings. The molecule has 0 unspecified atom stereocenters. The van der Waals surface area contributed by atoms with Crippen molar-refractivity contribution in [3.63, 3.8) is 0 Å². The topological polar surface area (TPSA) is 49.4 Å². The van der Waals surface area contributed by atoms with E-state index >= 15 is 0 Å². The molecule has 1 aliphatic heterocycles. The Morgan fingerprint density at radius 3 is 2.83 bits per heavy atom. The summed E-state index contributed by atoms with van der Waals surface area (Å²) < 4.78 is 0. The lowest BCUT2D eigenvalue weighted by molar-refractivity contribution is -0.127. The Morgan fingerprint density at radius 1 is 1.26 bits per heavy atom. The summed E-state index contributed by atoms with van der Waals surface area (Å²) in [5, 5.41) is 3.81. The molecule has 4 nitrogen and oxygen atoms in total. The largest absolute Gasteiger partial charge is 0.353 e. The molecular weight excluding hydrogens is 312 g/mol. The van der Waals surface area contributed by atoms with Crippen LogP contribution in [0.5, 0.6) is 0 Å². The van der Waals surface area contributed by atoms with Crippen molar-refractivity contribution in [3.05, 3.63) is 29.3 Å². The lowest BCUT2D eigenvalue weighted by atomic mass is 9.94. The molecule has 1 heterocycles. The summed E-state index contributed by atoms with van der Waals surface area (Å²) in [6.45, 7) is 0.450. The Hall–Kier alpha value is -1.55. The molecule has 2 bridgehead atoms. The molecule has 4 rings (SSSR count). The number of fused-ring (bicyclic) bond motifs is 2. The van der Waals surface area contributed by atoms with Crippen molar-refractivity contribution < 1.29 is 9.59 Å². The quantitative estimate of drug-likeness (QED) is 0.925. The van der Waals surface area contributed by atoms with Gasteiger partial charge in [-0.15, -0.1) is 0 Å². The van der Waals surface area contributed by atoms with E-state index in [1.54, 1.807) is 17.0 Å². The highest BCUT2D eigenvalue weighted by Gasteiger charge is 2.42. The number of nitrogens with one attached hydrogen (secondary N) is 1. The number of nitrogens with zero attached hydrogens (tertiary/aromatic N) is 1. The first-order valence-corrected chi connectivity index (χ1v) is 8.84. The van der Waals surface area contributed by atoms with Crippen LogP contribution in [-0.2, 0) is 9.59 Å². The average Bonchev–Trinajstić information content (AvgIpc) is 3.22. The van der Waals surface area contributed by atoms with Crippen LogP contribution >= 0.6 is 11.6 Å². The van der Waals surface area contributed by atoms with Gasteiger partial charge in [-0.3, -0.25) is 9.59 Å². The van der Waals surface area contributed by atoms with E-state index in [-0.39, 0.29) is 17.7 Å². The molecule has 4 atom stereocenters. The maximum atomic E-state index is 12.6. The minimum absolute atomic E-state index is 0.000333. The molecule has 3 fully saturated rings. The minimum atomic E-state index is -0.249. The zero-order chi connectivity index (χ0) is 16.0. The highest BCUT2D eigenvalue weighted by atomic mass is 35.5. The Morgan fingerprint density at radius 2 is 2.13 bits per heavy atom. The molecular formula is C18H21ClN2O2. The van der Waals surface area contributed by atoms with Gasteiger partial charge in [0.15, 0.2) is 0 Å². The second-order valence-corrected chi connectivity index (χ2v) is 7.61. The van der Waals surface area contributed by atoms with E-state index in [0.29, 0.717) is 29.9 Å². The monoisotopic (exact) mass is 332 g/mol. The molecule has 0 aromatic heterocycles. The molecule has 1 saturated heterocycles. The van der Waals surface area contributed by atoms with Crippen LogP contribution < -0.4 is 10.2 Å². The van der Waals surface area contributed by atoms with E-state index in [2.05, 4.69) is 5.32 Å². The molecule has 0 radical (unpaired) electrons. The van der Waals surface area contributed by atoms with E-state index in [1.165, 1.54) is 19.3 Å². The van der Waals surface area contributed by atoms with Crippen LogP contribution in [0.3, 0.4) is 0 Å². The van der Waals surface area contributed by atoms with E-state index in [0.717, 1.165) is 18.0 Å². The van der Waals surface area contributed by atoms with Gasteiger partial charge in [-0.05, 0) is 49.3 Å². The minimum Gasteiger partial charge on any atom is -0.353 e. The highest BCUT2D eigenvalue weighted by molar-refractivity contribution is 6.30. The first-order chi connectivity index (χ1) is 11.1. The van der Waals surface area contributed by atoms with Crippen molar-refractivity contribution in [2.75, 3.05) is 11.4 Å². The molecule has 1 N–H and O–H groups in total. The van der Waals surface area contributed by atoms with E-state index in [9.17, 15) is 9.59 Å². The van der Waals surface area contributed by atoms with Gasteiger partial charge in [0.2, 0.25) is 11.8 Å². The maximum Gasteiger partial charge on any atom is 0.227 e. The summed E-state index contributed by atoms with van der Waals surface area (Å²) in [5.74, 6) is 1.25. The van der Waals surface area contributed by atoms with Gasteiger partial charge in [-0.1, -0.05) is 24.1 Å². The standard InChI is InChI=1S/C18H21ClN2O2/c19-14-2-1-3-15(9-14)21-10-13(8-17(21)22)18(23)20-16-7-11-4-5-12(16)6-11/h1-3,9,11-13,16H,4-8,10H2,(H,20,23)/t11-,12+,13+,16-/m1/s1. The fourth-order valence-electron chi connectivity index (χ4n) is 4.50. The van der Waals surface area contributed by atoms with Crippen LogP contribution in [0.1, 0.15) is 32.1 Å². The Kier molecular flexibility index (Phi) is 3.80. The lowest BCUT2D eigenvalue weighted by Gasteiger charge is -2.24. The molecule has 2 aliphatic carbocycles. The Labute approximate surface area is 141 Å². The summed E-state index contributed by atoms with van der Waals surface area (Å²) in [4.78, 5) is 26.5. The maximum absolute atomic E-state index is 12.6. The van der Waals surface area contributed by atoms with Crippen molar-refractivity contribution in [2.45, 2.75) is 38.1 Å². The summed E-state index contributed by atoms with van der Waals surface area (Å²) >= 11 is 6.00. The van der Waals surface area contributed by atoms with Gasteiger partial charge in [0.25, 0.3) is 0 Å². The van der Waals surface area contributed by atoms with E-state index in [1.807, 2.05) is 12.1 Å². The lowest BCUT2D eigenvalue weighted by Crippen LogP contribution is -2.42. The molecule has 122 valence electrons. The normalized spacial score (nSPS) is 32.6. The van der Waals surface area contributed by atoms with Gasteiger partial charge in [0, 0.05) is 29.7 Å². The van der Waals surface area contributed by atoms with E-state index in [4.69, 9.17) is 11.6 Å². The summed E-state index contributed by atoms with van der Waals surface area (Å²) in [6.07, 6.45) is 5.24. The zero-order valence-electron chi connectivity index (χ0n) is 13.0. The summed E-state index contributed by atoms with van der Waals surface area (Å²) in [7, 11) is 0. The van der Waals surface area contributed by atoms with Crippen molar-refractivity contribution in [1.29, 1.82) is 0 Å². The van der Waals surface area contributed by atoms with Gasteiger partial charge in [0.1, 0.15) is 0 Å². The molecule has 1 aromatic rings. The smallest absolute Gasteiger partial charge is 0.227 e. The number of amides is 2. The Balaban J connectivity index is 1.41. The molecule has 1 aromatic carbocycles. The second kappa shape index (κ2) is 5.82. The van der Waals surface area contributed by atoms with Gasteiger partial charge in [0.05, 0.1) is 5.92 Å². The molecule has 2 saturated carbocycles. The third kappa shape index (κ3) is 2.85. The van der Waals surface area contributed by atoms with Crippen molar-refractivity contribution >= 4 is 29.1 Å². The van der Waals surface area contributed by atoms with Gasteiger partial charge in [-0.25, -0.2) is 0 Å². The summed E-state index contributed by atoms with van der Waals surface area (Å²) in [5.41, 5.74) is 0.776. The number of anilines is 1. The van der Waals surface area contributed by atoms with Crippen LogP contribution in [0, 0.1) is 17.8 Å². The highest BCUT2D eigenvalue weighted by Crippen LogP contribution is 2.44. The zero-order valence-corrected chi connectivity index (χ0v) is 13.8. The predicted molar refractivity (Wildman–Crippen MR) is 89.3 cm³/mol. The second-order valence-electron chi connectivity index (χ2n) is 7.18. The number of carbonyl (C=O) groups excluding carboxylic acids is 2. The van der Waals surface area contributed by atoms with E-state index < -0.39 is 0 Å². The van der Waals surface area contributed by atoms with Gasteiger partial charge in [-0.2, -0.15) is 0 Å². The van der Waals surface area contributed by atoms with Crippen LogP contribution in [0.2, 0.25) is 5.02 Å². The Bertz CT molecular complexity index is 648. The third-order valence-corrected chi connectivity index (χ3v) is 5.92. The number of carbonyl (C=O) groups is 2. The van der Waals surface area contributed by atoms with Crippen molar-refractivity contribution in [3.8, 4) is 0 Å². The first kappa shape index (κ1) is 15.0. The number of hydrogen-bond donors (Lipinski definition) is 1. The van der Waals surface area contributed by atoms with Crippen molar-refractivity contribution in [2.24, 2.45) is 17.8 Å². The van der Waals surface area contributed by atoms with Gasteiger partial charge < -0.3 is 10.2 Å². The number of hydrogen-bond acceptors (Lipinski definition) is 2. The number of halogens is 1. The number of benzene rings is 1. The SMILES string of the molecule is O=C(N[C@@H]1C[C@@H]2CC[C@H]1C2)[C@H]1CC(=O)N(c2cccc(Cl)c2)C1. The van der Waals surface area contributed by atoms with Crippen molar-refractivity contribution in [1.82, 2.24) is 5.32 Å². The fourth-order valence-corrected chi connectivity index (χ4v) is 4.68. The van der Waals surface area contributed by atoms with Crippen LogP contribution in [0.15, 0.2) is 24.3 Å². The van der Waals surface area contributed by atoms with Crippen LogP contribution in [-0.4, -0.2) is 24.4 Å². The van der Waals surface area contributed by atoms with Gasteiger partial charge >= 0.3 is 0 Å². The number of rotatable bonds is 3. The summed E-state index contributed by atoms with van der Waals surface area (Å²) in [6, 6.07) is 7.57. The molecule has 23 heavy (non-hydrogen) atoms. The predicted octanol–water partition coefficient (Wildman–Crippen LogP) is 3.00.